The monoisotopic (exact) mass is 462 g/mol. The first kappa shape index (κ1) is 25.2. The SMILES string of the molecule is C[Si](C)(C)CNC(=O)C(F)(F)C(=O)[C@H](Cc1ccccc1)NC(=O)OCc1ccccc1. The van der Waals surface area contributed by atoms with Crippen LogP contribution in [-0.4, -0.2) is 44.0 Å². The minimum Gasteiger partial charge on any atom is -0.445 e. The van der Waals surface area contributed by atoms with Gasteiger partial charge >= 0.3 is 12.0 Å². The maximum atomic E-state index is 14.7. The number of alkyl carbamates (subject to hydrolysis) is 1. The summed E-state index contributed by atoms with van der Waals surface area (Å²) >= 11 is 0. The maximum Gasteiger partial charge on any atom is 0.408 e. The molecule has 0 unspecified atom stereocenters. The quantitative estimate of drug-likeness (QED) is 0.416. The van der Waals surface area contributed by atoms with Gasteiger partial charge in [-0.2, -0.15) is 8.78 Å². The van der Waals surface area contributed by atoms with Crippen LogP contribution in [-0.2, 0) is 27.4 Å². The number of ketones is 1. The minimum atomic E-state index is -4.30. The Bertz CT molecular complexity index is 919. The van der Waals surface area contributed by atoms with E-state index in [1.807, 2.05) is 19.6 Å². The number of rotatable bonds is 10. The Kier molecular flexibility index (Phi) is 8.65. The third-order valence-electron chi connectivity index (χ3n) is 4.48. The van der Waals surface area contributed by atoms with Crippen LogP contribution < -0.4 is 10.6 Å². The first-order chi connectivity index (χ1) is 15.0. The average Bonchev–Trinajstić information content (AvgIpc) is 2.76. The molecule has 0 heterocycles. The van der Waals surface area contributed by atoms with Gasteiger partial charge in [0.05, 0.1) is 8.07 Å². The van der Waals surface area contributed by atoms with Crippen molar-refractivity contribution < 1.29 is 27.9 Å². The highest BCUT2D eigenvalue weighted by Crippen LogP contribution is 2.20. The minimum absolute atomic E-state index is 0.0913. The van der Waals surface area contributed by atoms with E-state index in [0.717, 1.165) is 0 Å². The zero-order valence-electron chi connectivity index (χ0n) is 18.4. The van der Waals surface area contributed by atoms with Crippen LogP contribution in [0.2, 0.25) is 19.6 Å². The van der Waals surface area contributed by atoms with E-state index in [0.29, 0.717) is 11.1 Å². The van der Waals surface area contributed by atoms with Gasteiger partial charge < -0.3 is 15.4 Å². The number of benzene rings is 2. The fraction of sp³-hybridized carbons (Fsp3) is 0.348. The van der Waals surface area contributed by atoms with Crippen molar-refractivity contribution in [2.75, 3.05) is 6.17 Å². The maximum absolute atomic E-state index is 14.7. The first-order valence-corrected chi connectivity index (χ1v) is 13.9. The molecule has 172 valence electrons. The van der Waals surface area contributed by atoms with Gasteiger partial charge in [-0.1, -0.05) is 80.3 Å². The number of ether oxygens (including phenoxy) is 1. The summed E-state index contributed by atoms with van der Waals surface area (Å²) in [5.74, 6) is -7.65. The van der Waals surface area contributed by atoms with E-state index < -0.39 is 37.8 Å². The molecular formula is C23H28F2N2O4Si. The molecule has 2 N–H and O–H groups in total. The highest BCUT2D eigenvalue weighted by atomic mass is 28.3. The number of hydrogen-bond donors (Lipinski definition) is 2. The van der Waals surface area contributed by atoms with Crippen LogP contribution in [0.15, 0.2) is 60.7 Å². The van der Waals surface area contributed by atoms with Crippen molar-refractivity contribution >= 4 is 25.9 Å². The van der Waals surface area contributed by atoms with Crippen molar-refractivity contribution in [3.8, 4) is 0 Å². The standard InChI is InChI=1S/C23H28F2N2O4Si/c1-32(2,3)16-26-21(29)23(24,25)20(28)19(14-17-10-6-4-7-11-17)27-22(30)31-15-18-12-8-5-9-13-18/h4-13,19H,14-16H2,1-3H3,(H,26,29)(H,27,30)/t19-/m0/s1. The lowest BCUT2D eigenvalue weighted by atomic mass is 9.98. The summed E-state index contributed by atoms with van der Waals surface area (Å²) in [5.41, 5.74) is 1.25. The third-order valence-corrected chi connectivity index (χ3v) is 5.72. The van der Waals surface area contributed by atoms with Gasteiger partial charge in [-0.3, -0.25) is 9.59 Å². The second-order valence-electron chi connectivity index (χ2n) is 8.63. The normalized spacial score (nSPS) is 12.5. The molecule has 2 rings (SSSR count). The topological polar surface area (TPSA) is 84.5 Å². The molecule has 0 bridgehead atoms. The summed E-state index contributed by atoms with van der Waals surface area (Å²) in [6.45, 7) is 5.60. The van der Waals surface area contributed by atoms with Crippen molar-refractivity contribution in [2.24, 2.45) is 0 Å². The van der Waals surface area contributed by atoms with Crippen molar-refractivity contribution in [2.45, 2.75) is 44.6 Å². The lowest BCUT2D eigenvalue weighted by molar-refractivity contribution is -0.159. The van der Waals surface area contributed by atoms with Crippen LogP contribution >= 0.6 is 0 Å². The Balaban J connectivity index is 2.13. The lowest BCUT2D eigenvalue weighted by Gasteiger charge is -2.24. The van der Waals surface area contributed by atoms with Crippen LogP contribution in [0.3, 0.4) is 0 Å². The van der Waals surface area contributed by atoms with Gasteiger partial charge in [-0.25, -0.2) is 4.79 Å². The number of carbonyl (C=O) groups is 3. The van der Waals surface area contributed by atoms with E-state index in [1.165, 1.54) is 0 Å². The molecule has 0 aromatic heterocycles. The predicted octanol–water partition coefficient (Wildman–Crippen LogP) is 3.72. The van der Waals surface area contributed by atoms with Crippen molar-refractivity contribution in [1.29, 1.82) is 0 Å². The Morgan fingerprint density at radius 3 is 2.00 bits per heavy atom. The molecule has 9 heteroatoms. The molecular weight excluding hydrogens is 434 g/mol. The number of Topliss-reactive ketones (excluding diaryl/α,β-unsaturated/α-hetero) is 1. The van der Waals surface area contributed by atoms with Crippen LogP contribution in [0.4, 0.5) is 13.6 Å². The summed E-state index contributed by atoms with van der Waals surface area (Å²) in [5, 5.41) is 4.38. The van der Waals surface area contributed by atoms with Crippen LogP contribution in [0.1, 0.15) is 11.1 Å². The molecule has 0 saturated carbocycles. The van der Waals surface area contributed by atoms with E-state index in [-0.39, 0.29) is 19.2 Å². The number of nitrogens with one attached hydrogen (secondary N) is 2. The molecule has 2 aromatic carbocycles. The highest BCUT2D eigenvalue weighted by Gasteiger charge is 2.50. The number of halogens is 2. The molecule has 0 aliphatic rings. The zero-order valence-corrected chi connectivity index (χ0v) is 19.4. The summed E-state index contributed by atoms with van der Waals surface area (Å²) in [6, 6.07) is 15.5. The fourth-order valence-corrected chi connectivity index (χ4v) is 3.44. The summed E-state index contributed by atoms with van der Waals surface area (Å²) < 4.78 is 34.5. The Morgan fingerprint density at radius 2 is 1.47 bits per heavy atom. The Hall–Kier alpha value is -3.07. The summed E-state index contributed by atoms with van der Waals surface area (Å²) in [4.78, 5) is 37.0. The van der Waals surface area contributed by atoms with Gasteiger partial charge in [0, 0.05) is 12.6 Å². The van der Waals surface area contributed by atoms with Gasteiger partial charge in [0.2, 0.25) is 5.78 Å². The molecule has 0 fully saturated rings. The second-order valence-corrected chi connectivity index (χ2v) is 14.1. The summed E-state index contributed by atoms with van der Waals surface area (Å²) in [7, 11) is -1.86. The molecule has 2 amide bonds. The van der Waals surface area contributed by atoms with Crippen molar-refractivity contribution in [3.05, 3.63) is 71.8 Å². The van der Waals surface area contributed by atoms with Gasteiger partial charge in [0.1, 0.15) is 12.6 Å². The number of alkyl halides is 2. The van der Waals surface area contributed by atoms with Crippen LogP contribution in [0.5, 0.6) is 0 Å². The molecule has 0 radical (unpaired) electrons. The van der Waals surface area contributed by atoms with Crippen molar-refractivity contribution in [1.82, 2.24) is 10.6 Å². The largest absolute Gasteiger partial charge is 0.445 e. The molecule has 0 spiro atoms. The molecule has 0 aliphatic heterocycles. The Morgan fingerprint density at radius 1 is 0.938 bits per heavy atom. The third kappa shape index (κ3) is 7.88. The van der Waals surface area contributed by atoms with E-state index in [2.05, 4.69) is 10.6 Å². The highest BCUT2D eigenvalue weighted by molar-refractivity contribution is 6.76. The molecule has 6 nitrogen and oxygen atoms in total. The number of carbonyl (C=O) groups excluding carboxylic acids is 3. The fourth-order valence-electron chi connectivity index (χ4n) is 2.75. The van der Waals surface area contributed by atoms with Gasteiger partial charge in [-0.15, -0.1) is 0 Å². The van der Waals surface area contributed by atoms with E-state index >= 15 is 0 Å². The number of hydrogen-bond acceptors (Lipinski definition) is 4. The van der Waals surface area contributed by atoms with Gasteiger partial charge in [-0.05, 0) is 11.1 Å². The second kappa shape index (κ2) is 11.0. The zero-order chi connectivity index (χ0) is 23.8. The Labute approximate surface area is 187 Å². The molecule has 0 saturated heterocycles. The molecule has 1 atom stereocenters. The molecule has 32 heavy (non-hydrogen) atoms. The van der Waals surface area contributed by atoms with Crippen molar-refractivity contribution in [3.63, 3.8) is 0 Å². The van der Waals surface area contributed by atoms with Crippen LogP contribution in [0.25, 0.3) is 0 Å². The van der Waals surface area contributed by atoms with Crippen LogP contribution in [0, 0.1) is 0 Å². The van der Waals surface area contributed by atoms with Gasteiger partial charge in [0.25, 0.3) is 5.91 Å². The first-order valence-electron chi connectivity index (χ1n) is 10.2. The average molecular weight is 463 g/mol. The van der Waals surface area contributed by atoms with E-state index in [4.69, 9.17) is 4.74 Å². The smallest absolute Gasteiger partial charge is 0.408 e. The molecule has 2 aromatic rings. The van der Waals surface area contributed by atoms with Gasteiger partial charge in [0.15, 0.2) is 0 Å². The number of amides is 2. The lowest BCUT2D eigenvalue weighted by Crippen LogP contribution is -2.56. The molecule has 0 aliphatic carbocycles. The predicted molar refractivity (Wildman–Crippen MR) is 120 cm³/mol. The van der Waals surface area contributed by atoms with E-state index in [1.54, 1.807) is 60.7 Å². The van der Waals surface area contributed by atoms with E-state index in [9.17, 15) is 23.2 Å². The summed E-state index contributed by atoms with van der Waals surface area (Å²) in [6.07, 6.45) is -1.14.